The fourth-order valence-electron chi connectivity index (χ4n) is 1.55. The number of benzene rings is 1. The maximum Gasteiger partial charge on any atom is 0.263 e. The standard InChI is InChI=1S/C12H11BrFN3O2S/c13-9-5-8(6-15)1-2-12(9)20(18,19)17-11-3-4-16-7-10(11)14/h1-5,7H,6,15H2,(H,16,17). The number of nitrogens with zero attached hydrogens (tertiary/aromatic N) is 1. The van der Waals surface area contributed by atoms with Gasteiger partial charge in [0.15, 0.2) is 5.82 Å². The minimum Gasteiger partial charge on any atom is -0.326 e. The molecule has 0 spiro atoms. The van der Waals surface area contributed by atoms with Gasteiger partial charge in [-0.2, -0.15) is 0 Å². The zero-order valence-electron chi connectivity index (χ0n) is 10.2. The molecule has 0 atom stereocenters. The Kier molecular flexibility index (Phi) is 4.36. The van der Waals surface area contributed by atoms with Crippen LogP contribution in [0, 0.1) is 5.82 Å². The summed E-state index contributed by atoms with van der Waals surface area (Å²) >= 11 is 3.17. The zero-order valence-corrected chi connectivity index (χ0v) is 12.6. The van der Waals surface area contributed by atoms with Crippen LogP contribution in [0.25, 0.3) is 0 Å². The van der Waals surface area contributed by atoms with Crippen LogP contribution >= 0.6 is 15.9 Å². The second-order valence-electron chi connectivity index (χ2n) is 3.93. The summed E-state index contributed by atoms with van der Waals surface area (Å²) in [6, 6.07) is 5.86. The molecule has 106 valence electrons. The highest BCUT2D eigenvalue weighted by atomic mass is 79.9. The van der Waals surface area contributed by atoms with E-state index < -0.39 is 15.8 Å². The number of hydrogen-bond donors (Lipinski definition) is 2. The molecule has 0 saturated heterocycles. The van der Waals surface area contributed by atoms with Gasteiger partial charge in [-0.1, -0.05) is 6.07 Å². The van der Waals surface area contributed by atoms with Crippen molar-refractivity contribution in [3.05, 3.63) is 52.5 Å². The molecule has 0 aliphatic rings. The normalized spacial score (nSPS) is 11.3. The second kappa shape index (κ2) is 5.86. The number of hydrogen-bond acceptors (Lipinski definition) is 4. The largest absolute Gasteiger partial charge is 0.326 e. The van der Waals surface area contributed by atoms with E-state index in [-0.39, 0.29) is 10.6 Å². The first kappa shape index (κ1) is 14.9. The Balaban J connectivity index is 2.39. The van der Waals surface area contributed by atoms with Gasteiger partial charge in [0, 0.05) is 17.2 Å². The van der Waals surface area contributed by atoms with Crippen molar-refractivity contribution in [1.29, 1.82) is 0 Å². The van der Waals surface area contributed by atoms with Crippen LogP contribution in [-0.2, 0) is 16.6 Å². The second-order valence-corrected chi connectivity index (χ2v) is 6.44. The van der Waals surface area contributed by atoms with Gasteiger partial charge in [-0.15, -0.1) is 0 Å². The van der Waals surface area contributed by atoms with Crippen LogP contribution in [0.1, 0.15) is 5.56 Å². The van der Waals surface area contributed by atoms with Gasteiger partial charge in [-0.05, 0) is 39.7 Å². The van der Waals surface area contributed by atoms with Crippen molar-refractivity contribution in [2.75, 3.05) is 4.72 Å². The molecule has 0 aliphatic carbocycles. The highest BCUT2D eigenvalue weighted by molar-refractivity contribution is 9.10. The molecule has 8 heteroatoms. The Morgan fingerprint density at radius 1 is 1.35 bits per heavy atom. The summed E-state index contributed by atoms with van der Waals surface area (Å²) in [6.07, 6.45) is 2.23. The lowest BCUT2D eigenvalue weighted by atomic mass is 10.2. The molecule has 1 aromatic heterocycles. The minimum atomic E-state index is -3.90. The third-order valence-electron chi connectivity index (χ3n) is 2.54. The molecule has 1 heterocycles. The lowest BCUT2D eigenvalue weighted by Gasteiger charge is -2.10. The summed E-state index contributed by atoms with van der Waals surface area (Å²) < 4.78 is 40.4. The van der Waals surface area contributed by atoms with Crippen molar-refractivity contribution >= 4 is 31.6 Å². The van der Waals surface area contributed by atoms with Crippen molar-refractivity contribution in [2.45, 2.75) is 11.4 Å². The molecule has 0 amide bonds. The Hall–Kier alpha value is -1.51. The van der Waals surface area contributed by atoms with Gasteiger partial charge >= 0.3 is 0 Å². The van der Waals surface area contributed by atoms with Crippen molar-refractivity contribution in [1.82, 2.24) is 4.98 Å². The molecule has 0 fully saturated rings. The molecule has 5 nitrogen and oxygen atoms in total. The maximum atomic E-state index is 13.4. The summed E-state index contributed by atoms with van der Waals surface area (Å²) in [4.78, 5) is 3.56. The Morgan fingerprint density at radius 2 is 2.10 bits per heavy atom. The first-order valence-corrected chi connectivity index (χ1v) is 7.82. The van der Waals surface area contributed by atoms with Crippen LogP contribution in [0.15, 0.2) is 46.0 Å². The third kappa shape index (κ3) is 3.14. The molecular formula is C12H11BrFN3O2S. The van der Waals surface area contributed by atoms with Gasteiger partial charge in [0.2, 0.25) is 0 Å². The van der Waals surface area contributed by atoms with Crippen LogP contribution in [0.4, 0.5) is 10.1 Å². The summed E-state index contributed by atoms with van der Waals surface area (Å²) in [6.45, 7) is 0.297. The predicted octanol–water partition coefficient (Wildman–Crippen LogP) is 2.24. The maximum absolute atomic E-state index is 13.4. The molecule has 2 rings (SSSR count). The topological polar surface area (TPSA) is 85.1 Å². The first-order valence-electron chi connectivity index (χ1n) is 5.55. The zero-order chi connectivity index (χ0) is 14.8. The molecule has 3 N–H and O–H groups in total. The van der Waals surface area contributed by atoms with Crippen LogP contribution in [-0.4, -0.2) is 13.4 Å². The predicted molar refractivity (Wildman–Crippen MR) is 77.0 cm³/mol. The van der Waals surface area contributed by atoms with E-state index in [0.29, 0.717) is 11.0 Å². The Bertz CT molecular complexity index is 737. The molecule has 0 saturated carbocycles. The van der Waals surface area contributed by atoms with Crippen LogP contribution in [0.3, 0.4) is 0 Å². The van der Waals surface area contributed by atoms with Crippen LogP contribution < -0.4 is 10.5 Å². The van der Waals surface area contributed by atoms with Gasteiger partial charge < -0.3 is 5.73 Å². The minimum absolute atomic E-state index is 0.00547. The molecule has 1 aromatic carbocycles. The smallest absolute Gasteiger partial charge is 0.263 e. The molecule has 0 aliphatic heterocycles. The van der Waals surface area contributed by atoms with E-state index in [0.717, 1.165) is 11.8 Å². The van der Waals surface area contributed by atoms with E-state index in [1.54, 1.807) is 12.1 Å². The van der Waals surface area contributed by atoms with Crippen molar-refractivity contribution in [2.24, 2.45) is 5.73 Å². The number of halogens is 2. The lowest BCUT2D eigenvalue weighted by Crippen LogP contribution is -2.15. The molecule has 0 bridgehead atoms. The number of nitrogens with two attached hydrogens (primary N) is 1. The number of rotatable bonds is 4. The molecule has 0 unspecified atom stereocenters. The highest BCUT2D eigenvalue weighted by Gasteiger charge is 2.19. The fourth-order valence-corrected chi connectivity index (χ4v) is 3.74. The molecular weight excluding hydrogens is 349 g/mol. The number of pyridine rings is 1. The van der Waals surface area contributed by atoms with Crippen molar-refractivity contribution in [3.63, 3.8) is 0 Å². The average Bonchev–Trinajstić information content (AvgIpc) is 2.40. The van der Waals surface area contributed by atoms with E-state index in [4.69, 9.17) is 5.73 Å². The van der Waals surface area contributed by atoms with E-state index in [9.17, 15) is 12.8 Å². The summed E-state index contributed by atoms with van der Waals surface area (Å²) in [7, 11) is -3.90. The van der Waals surface area contributed by atoms with E-state index >= 15 is 0 Å². The van der Waals surface area contributed by atoms with Gasteiger partial charge in [0.25, 0.3) is 10.0 Å². The number of aromatic nitrogens is 1. The SMILES string of the molecule is NCc1ccc(S(=O)(=O)Nc2ccncc2F)c(Br)c1. The monoisotopic (exact) mass is 359 g/mol. The lowest BCUT2D eigenvalue weighted by molar-refractivity contribution is 0.597. The number of nitrogens with one attached hydrogen (secondary N) is 1. The van der Waals surface area contributed by atoms with Crippen molar-refractivity contribution in [3.8, 4) is 0 Å². The van der Waals surface area contributed by atoms with E-state index in [1.807, 2.05) is 0 Å². The number of sulfonamides is 1. The van der Waals surface area contributed by atoms with Gasteiger partial charge in [0.1, 0.15) is 4.90 Å². The van der Waals surface area contributed by atoms with Crippen LogP contribution in [0.2, 0.25) is 0 Å². The molecule has 2 aromatic rings. The van der Waals surface area contributed by atoms with E-state index in [1.165, 1.54) is 18.3 Å². The summed E-state index contributed by atoms with van der Waals surface area (Å²) in [5.74, 6) is -0.745. The van der Waals surface area contributed by atoms with Gasteiger partial charge in [-0.25, -0.2) is 12.8 Å². The molecule has 20 heavy (non-hydrogen) atoms. The first-order chi connectivity index (χ1) is 9.44. The van der Waals surface area contributed by atoms with E-state index in [2.05, 4.69) is 25.6 Å². The molecule has 0 radical (unpaired) electrons. The van der Waals surface area contributed by atoms with Crippen molar-refractivity contribution < 1.29 is 12.8 Å². The highest BCUT2D eigenvalue weighted by Crippen LogP contribution is 2.25. The average molecular weight is 360 g/mol. The summed E-state index contributed by atoms with van der Waals surface area (Å²) in [5.41, 5.74) is 6.10. The van der Waals surface area contributed by atoms with Gasteiger partial charge in [0.05, 0.1) is 11.9 Å². The quantitative estimate of drug-likeness (QED) is 0.876. The third-order valence-corrected chi connectivity index (χ3v) is 4.88. The summed E-state index contributed by atoms with van der Waals surface area (Å²) in [5, 5.41) is 0. The Morgan fingerprint density at radius 3 is 2.70 bits per heavy atom. The Labute approximate surface area is 124 Å². The fraction of sp³-hybridized carbons (Fsp3) is 0.0833. The number of anilines is 1. The van der Waals surface area contributed by atoms with Crippen LogP contribution in [0.5, 0.6) is 0 Å². The van der Waals surface area contributed by atoms with Gasteiger partial charge in [-0.3, -0.25) is 9.71 Å².